The second-order valence-electron chi connectivity index (χ2n) is 12.5. The molecular formula is C38H63NO2S. The van der Waals surface area contributed by atoms with Gasteiger partial charge in [0.05, 0.1) is 18.8 Å². The number of nitrogens with two attached hydrogens (primary N) is 1. The molecule has 0 radical (unpaired) electrons. The van der Waals surface area contributed by atoms with Crippen molar-refractivity contribution in [2.75, 3.05) is 13.2 Å². The second-order valence-corrected chi connectivity index (χ2v) is 12.8. The van der Waals surface area contributed by atoms with Gasteiger partial charge in [-0.3, -0.25) is 0 Å². The molecule has 2 N–H and O–H groups in total. The number of thiol groups is 1. The number of rotatable bonds is 27. The third kappa shape index (κ3) is 16.5. The molecule has 0 spiro atoms. The number of ether oxygens (including phenoxy) is 2. The van der Waals surface area contributed by atoms with Gasteiger partial charge in [0.15, 0.2) is 0 Å². The summed E-state index contributed by atoms with van der Waals surface area (Å²) in [5.74, 6) is 0.714. The minimum absolute atomic E-state index is 0.0320. The van der Waals surface area contributed by atoms with Gasteiger partial charge in [-0.05, 0) is 36.5 Å². The van der Waals surface area contributed by atoms with Crippen LogP contribution in [0.3, 0.4) is 0 Å². The Morgan fingerprint density at radius 3 is 1.79 bits per heavy atom. The summed E-state index contributed by atoms with van der Waals surface area (Å²) in [6.45, 7) is 6.38. The van der Waals surface area contributed by atoms with Crippen molar-refractivity contribution in [3.05, 3.63) is 71.3 Å². The summed E-state index contributed by atoms with van der Waals surface area (Å²) < 4.78 is 12.9. The zero-order valence-corrected chi connectivity index (χ0v) is 28.1. The molecule has 0 heterocycles. The van der Waals surface area contributed by atoms with Gasteiger partial charge >= 0.3 is 0 Å². The molecule has 2 unspecified atom stereocenters. The van der Waals surface area contributed by atoms with Crippen LogP contribution >= 0.6 is 12.6 Å². The Balaban J connectivity index is 1.71. The Kier molecular flexibility index (Phi) is 21.1. The first-order chi connectivity index (χ1) is 20.6. The maximum absolute atomic E-state index is 6.81. The summed E-state index contributed by atoms with van der Waals surface area (Å²) in [6.07, 6.45) is 23.5. The highest BCUT2D eigenvalue weighted by atomic mass is 32.1. The molecule has 3 nitrogen and oxygen atoms in total. The maximum Gasteiger partial charge on any atom is 0.0967 e. The molecule has 0 amide bonds. The van der Waals surface area contributed by atoms with Crippen LogP contribution in [0.1, 0.15) is 146 Å². The Bertz CT molecular complexity index is 890. The van der Waals surface area contributed by atoms with E-state index in [-0.39, 0.29) is 6.04 Å². The van der Waals surface area contributed by atoms with E-state index in [1.165, 1.54) is 113 Å². The lowest BCUT2D eigenvalue weighted by Gasteiger charge is -2.36. The SMILES string of the molecule is CCCCCCCCCCCCCCCCCCOC(CCOCc1ccccc1)(CC(C)N)c1cccc(CS)c1. The average molecular weight is 598 g/mol. The van der Waals surface area contributed by atoms with E-state index in [1.807, 2.05) is 6.07 Å². The van der Waals surface area contributed by atoms with Gasteiger partial charge in [-0.2, -0.15) is 12.6 Å². The fourth-order valence-corrected chi connectivity index (χ4v) is 6.17. The summed E-state index contributed by atoms with van der Waals surface area (Å²) in [4.78, 5) is 0. The number of hydrogen-bond acceptors (Lipinski definition) is 4. The van der Waals surface area contributed by atoms with Gasteiger partial charge in [0, 0.05) is 24.8 Å². The van der Waals surface area contributed by atoms with Gasteiger partial charge in [0.2, 0.25) is 0 Å². The zero-order valence-electron chi connectivity index (χ0n) is 27.2. The minimum Gasteiger partial charge on any atom is -0.377 e. The Hall–Kier alpha value is -1.33. The lowest BCUT2D eigenvalue weighted by atomic mass is 9.84. The molecule has 2 aromatic carbocycles. The van der Waals surface area contributed by atoms with Crippen LogP contribution in [0.5, 0.6) is 0 Å². The predicted octanol–water partition coefficient (Wildman–Crippen LogP) is 10.9. The highest BCUT2D eigenvalue weighted by Gasteiger charge is 2.34. The molecule has 2 rings (SSSR count). The van der Waals surface area contributed by atoms with E-state index in [0.717, 1.165) is 25.9 Å². The molecule has 42 heavy (non-hydrogen) atoms. The molecule has 4 heteroatoms. The summed E-state index contributed by atoms with van der Waals surface area (Å²) >= 11 is 4.53. The Labute approximate surface area is 265 Å². The third-order valence-corrected chi connectivity index (χ3v) is 8.79. The molecule has 0 saturated heterocycles. The molecule has 0 aliphatic rings. The number of hydrogen-bond donors (Lipinski definition) is 2. The topological polar surface area (TPSA) is 44.5 Å². The van der Waals surface area contributed by atoms with Crippen molar-refractivity contribution >= 4 is 12.6 Å². The van der Waals surface area contributed by atoms with Crippen molar-refractivity contribution < 1.29 is 9.47 Å². The molecule has 0 aliphatic heterocycles. The standard InChI is InChI=1S/C38H63NO2S/c1-3-4-5-6-7-8-9-10-11-12-13-14-15-16-17-21-28-41-38(31-34(2)39,37-26-22-25-36(30-37)33-42)27-29-40-32-35-23-19-18-20-24-35/h18-20,22-26,30,34,42H,3-17,21,27-29,31-33,39H2,1-2H3. The van der Waals surface area contributed by atoms with Gasteiger partial charge in [-0.25, -0.2) is 0 Å². The highest BCUT2D eigenvalue weighted by Crippen LogP contribution is 2.36. The van der Waals surface area contributed by atoms with Crippen molar-refractivity contribution in [3.63, 3.8) is 0 Å². The van der Waals surface area contributed by atoms with Crippen molar-refractivity contribution in [2.45, 2.75) is 153 Å². The molecular weight excluding hydrogens is 534 g/mol. The van der Waals surface area contributed by atoms with E-state index in [0.29, 0.717) is 19.0 Å². The molecule has 2 atom stereocenters. The summed E-state index contributed by atoms with van der Waals surface area (Å²) in [7, 11) is 0. The van der Waals surface area contributed by atoms with Crippen molar-refractivity contribution in [1.82, 2.24) is 0 Å². The fraction of sp³-hybridized carbons (Fsp3) is 0.684. The average Bonchev–Trinajstić information content (AvgIpc) is 3.01. The third-order valence-electron chi connectivity index (χ3n) is 8.43. The smallest absolute Gasteiger partial charge is 0.0967 e. The van der Waals surface area contributed by atoms with Crippen LogP contribution in [0.2, 0.25) is 0 Å². The fourth-order valence-electron chi connectivity index (χ4n) is 5.97. The number of unbranched alkanes of at least 4 members (excludes halogenated alkanes) is 15. The van der Waals surface area contributed by atoms with Gasteiger partial charge in [-0.15, -0.1) is 0 Å². The summed E-state index contributed by atoms with van der Waals surface area (Å²) in [5, 5.41) is 0. The van der Waals surface area contributed by atoms with Crippen LogP contribution in [0.4, 0.5) is 0 Å². The molecule has 0 saturated carbocycles. The summed E-state index contributed by atoms with van der Waals surface area (Å²) in [5.41, 5.74) is 9.57. The molecule has 0 aliphatic carbocycles. The summed E-state index contributed by atoms with van der Waals surface area (Å²) in [6, 6.07) is 19.1. The predicted molar refractivity (Wildman–Crippen MR) is 185 cm³/mol. The molecule has 2 aromatic rings. The lowest BCUT2D eigenvalue weighted by molar-refractivity contribution is -0.0828. The number of benzene rings is 2. The molecule has 238 valence electrons. The van der Waals surface area contributed by atoms with Crippen LogP contribution < -0.4 is 5.73 Å². The normalized spacial score (nSPS) is 13.7. The first-order valence-corrected chi connectivity index (χ1v) is 17.9. The van der Waals surface area contributed by atoms with Crippen LogP contribution in [0, 0.1) is 0 Å². The first-order valence-electron chi connectivity index (χ1n) is 17.3. The molecule has 0 aromatic heterocycles. The molecule has 0 bridgehead atoms. The van der Waals surface area contributed by atoms with Crippen LogP contribution in [0.25, 0.3) is 0 Å². The maximum atomic E-state index is 6.81. The van der Waals surface area contributed by atoms with Gasteiger partial charge < -0.3 is 15.2 Å². The monoisotopic (exact) mass is 597 g/mol. The first kappa shape index (κ1) is 36.9. The van der Waals surface area contributed by atoms with Gasteiger partial charge in [0.25, 0.3) is 0 Å². The van der Waals surface area contributed by atoms with E-state index < -0.39 is 5.60 Å². The Morgan fingerprint density at radius 2 is 1.24 bits per heavy atom. The van der Waals surface area contributed by atoms with E-state index >= 15 is 0 Å². The van der Waals surface area contributed by atoms with E-state index in [4.69, 9.17) is 15.2 Å². The lowest BCUT2D eigenvalue weighted by Crippen LogP contribution is -2.38. The minimum atomic E-state index is -0.445. The van der Waals surface area contributed by atoms with Crippen LogP contribution in [-0.4, -0.2) is 19.3 Å². The van der Waals surface area contributed by atoms with Crippen LogP contribution in [-0.2, 0) is 27.4 Å². The van der Waals surface area contributed by atoms with E-state index in [1.54, 1.807) is 0 Å². The van der Waals surface area contributed by atoms with Gasteiger partial charge in [0.1, 0.15) is 0 Å². The quantitative estimate of drug-likeness (QED) is 0.0795. The van der Waals surface area contributed by atoms with Gasteiger partial charge in [-0.1, -0.05) is 158 Å². The zero-order chi connectivity index (χ0) is 30.1. The van der Waals surface area contributed by atoms with Crippen molar-refractivity contribution in [2.24, 2.45) is 5.73 Å². The Morgan fingerprint density at radius 1 is 0.690 bits per heavy atom. The van der Waals surface area contributed by atoms with Crippen molar-refractivity contribution in [1.29, 1.82) is 0 Å². The van der Waals surface area contributed by atoms with Crippen LogP contribution in [0.15, 0.2) is 54.6 Å². The van der Waals surface area contributed by atoms with E-state index in [9.17, 15) is 0 Å². The molecule has 0 fully saturated rings. The highest BCUT2D eigenvalue weighted by molar-refractivity contribution is 7.79. The van der Waals surface area contributed by atoms with Crippen molar-refractivity contribution in [3.8, 4) is 0 Å². The largest absolute Gasteiger partial charge is 0.377 e. The second kappa shape index (κ2) is 24.0. The van der Waals surface area contributed by atoms with E-state index in [2.05, 4.69) is 75.0 Å².